The molecule has 2 aromatic rings. The number of pyridine rings is 1. The van der Waals surface area contributed by atoms with E-state index in [1.165, 1.54) is 4.88 Å². The number of hydrogen-bond acceptors (Lipinski definition) is 4. The van der Waals surface area contributed by atoms with Crippen LogP contribution in [0.25, 0.3) is 0 Å². The summed E-state index contributed by atoms with van der Waals surface area (Å²) in [6.07, 6.45) is 2.77. The molecule has 122 valence electrons. The Hall–Kier alpha value is -1.02. The van der Waals surface area contributed by atoms with E-state index in [1.807, 2.05) is 18.3 Å². The van der Waals surface area contributed by atoms with E-state index < -0.39 is 0 Å². The van der Waals surface area contributed by atoms with Crippen molar-refractivity contribution in [2.24, 2.45) is 0 Å². The number of halogens is 1. The number of thiophene rings is 1. The van der Waals surface area contributed by atoms with Crippen LogP contribution < -0.4 is 5.32 Å². The van der Waals surface area contributed by atoms with Crippen LogP contribution in [0.3, 0.4) is 0 Å². The highest BCUT2D eigenvalue weighted by Gasteiger charge is 2.40. The number of rotatable bonds is 6. The quantitative estimate of drug-likeness (QED) is 0.575. The molecule has 2 aromatic heterocycles. The first-order valence-electron chi connectivity index (χ1n) is 7.43. The van der Waals surface area contributed by atoms with Crippen molar-refractivity contribution in [2.45, 2.75) is 18.5 Å². The van der Waals surface area contributed by atoms with Crippen molar-refractivity contribution in [3.05, 3.63) is 50.9 Å². The molecule has 0 amide bonds. The van der Waals surface area contributed by atoms with Gasteiger partial charge in [0.25, 0.3) is 0 Å². The van der Waals surface area contributed by atoms with E-state index >= 15 is 0 Å². The smallest absolute Gasteiger partial charge is 0.170 e. The molecule has 3 heterocycles. The lowest BCUT2D eigenvalue weighted by molar-refractivity contribution is 0.181. The Balaban J connectivity index is 1.91. The SMILES string of the molecule is COCCCN1C(=S)N[C@H](c2ccccn2)[C@@H]1c1ccc(Br)s1. The van der Waals surface area contributed by atoms with E-state index in [0.29, 0.717) is 0 Å². The van der Waals surface area contributed by atoms with Crippen LogP contribution in [-0.2, 0) is 4.74 Å². The molecule has 23 heavy (non-hydrogen) atoms. The van der Waals surface area contributed by atoms with Crippen molar-refractivity contribution < 1.29 is 4.74 Å². The third-order valence-corrected chi connectivity index (χ3v) is 5.88. The van der Waals surface area contributed by atoms with E-state index in [4.69, 9.17) is 17.0 Å². The van der Waals surface area contributed by atoms with Gasteiger partial charge in [0.1, 0.15) is 0 Å². The Morgan fingerprint density at radius 3 is 2.91 bits per heavy atom. The van der Waals surface area contributed by atoms with Crippen LogP contribution in [0.2, 0.25) is 0 Å². The highest BCUT2D eigenvalue weighted by Crippen LogP contribution is 2.42. The van der Waals surface area contributed by atoms with Crippen molar-refractivity contribution in [1.29, 1.82) is 0 Å². The second-order valence-corrected chi connectivity index (χ2v) is 8.19. The van der Waals surface area contributed by atoms with Gasteiger partial charge in [-0.15, -0.1) is 11.3 Å². The molecule has 4 nitrogen and oxygen atoms in total. The van der Waals surface area contributed by atoms with Crippen LogP contribution in [0.5, 0.6) is 0 Å². The summed E-state index contributed by atoms with van der Waals surface area (Å²) < 4.78 is 6.31. The van der Waals surface area contributed by atoms with Crippen LogP contribution in [0.4, 0.5) is 0 Å². The molecule has 0 aliphatic carbocycles. The average Bonchev–Trinajstić information content (AvgIpc) is 3.12. The molecule has 2 atom stereocenters. The maximum atomic E-state index is 5.59. The predicted octanol–water partition coefficient (Wildman–Crippen LogP) is 3.91. The van der Waals surface area contributed by atoms with E-state index in [2.05, 4.69) is 49.3 Å². The summed E-state index contributed by atoms with van der Waals surface area (Å²) in [6, 6.07) is 10.5. The predicted molar refractivity (Wildman–Crippen MR) is 101 cm³/mol. The van der Waals surface area contributed by atoms with Gasteiger partial charge in [0.15, 0.2) is 5.11 Å². The molecule has 1 saturated heterocycles. The van der Waals surface area contributed by atoms with Crippen molar-refractivity contribution in [3.63, 3.8) is 0 Å². The summed E-state index contributed by atoms with van der Waals surface area (Å²) in [5, 5.41) is 4.23. The van der Waals surface area contributed by atoms with Crippen LogP contribution in [0.15, 0.2) is 40.3 Å². The fourth-order valence-electron chi connectivity index (χ4n) is 2.82. The minimum atomic E-state index is 0.0665. The second kappa shape index (κ2) is 7.70. The molecular weight excluding hydrogens is 394 g/mol. The Bertz CT molecular complexity index is 664. The first-order chi connectivity index (χ1) is 11.2. The molecule has 0 radical (unpaired) electrons. The summed E-state index contributed by atoms with van der Waals surface area (Å²) in [7, 11) is 1.73. The van der Waals surface area contributed by atoms with Gasteiger partial charge in [0.05, 0.1) is 21.6 Å². The normalized spacial score (nSPS) is 20.8. The standard InChI is InChI=1S/C16H18BrN3OS2/c1-21-10-4-9-20-15(12-6-7-13(17)23-12)14(19-16(20)22)11-5-2-3-8-18-11/h2-3,5-8,14-15H,4,9-10H2,1H3,(H,19,22)/t14-,15+/m1/s1. The lowest BCUT2D eigenvalue weighted by atomic mass is 10.0. The zero-order chi connectivity index (χ0) is 16.2. The molecule has 0 aromatic carbocycles. The summed E-state index contributed by atoms with van der Waals surface area (Å²) in [5.41, 5.74) is 1.01. The molecule has 0 unspecified atom stereocenters. The molecule has 1 aliphatic heterocycles. The van der Waals surface area contributed by atoms with Crippen molar-refractivity contribution >= 4 is 44.6 Å². The van der Waals surface area contributed by atoms with Crippen LogP contribution in [-0.4, -0.2) is 35.3 Å². The first kappa shape index (κ1) is 16.8. The molecule has 0 spiro atoms. The van der Waals surface area contributed by atoms with Gasteiger partial charge in [0.2, 0.25) is 0 Å². The molecule has 0 saturated carbocycles. The summed E-state index contributed by atoms with van der Waals surface area (Å²) in [4.78, 5) is 8.06. The van der Waals surface area contributed by atoms with Crippen LogP contribution in [0.1, 0.15) is 29.1 Å². The highest BCUT2D eigenvalue weighted by atomic mass is 79.9. The minimum absolute atomic E-state index is 0.0665. The Morgan fingerprint density at radius 2 is 2.26 bits per heavy atom. The fourth-order valence-corrected chi connectivity index (χ4v) is 4.73. The van der Waals surface area contributed by atoms with Gasteiger partial charge in [-0.25, -0.2) is 0 Å². The second-order valence-electron chi connectivity index (χ2n) is 5.31. The first-order valence-corrected chi connectivity index (χ1v) is 9.44. The molecule has 1 aliphatic rings. The molecule has 3 rings (SSSR count). The van der Waals surface area contributed by atoms with E-state index in [9.17, 15) is 0 Å². The number of methoxy groups -OCH3 is 1. The van der Waals surface area contributed by atoms with Crippen LogP contribution >= 0.6 is 39.5 Å². The summed E-state index contributed by atoms with van der Waals surface area (Å²) in [5.74, 6) is 0. The maximum Gasteiger partial charge on any atom is 0.170 e. The zero-order valence-electron chi connectivity index (χ0n) is 12.7. The van der Waals surface area contributed by atoms with Gasteiger partial charge >= 0.3 is 0 Å². The molecule has 1 fully saturated rings. The average molecular weight is 412 g/mol. The topological polar surface area (TPSA) is 37.4 Å². The maximum absolute atomic E-state index is 5.59. The van der Waals surface area contributed by atoms with Crippen molar-refractivity contribution in [3.8, 4) is 0 Å². The Labute approximate surface area is 154 Å². The van der Waals surface area contributed by atoms with Crippen LogP contribution in [0, 0.1) is 0 Å². The number of nitrogens with zero attached hydrogens (tertiary/aromatic N) is 2. The number of aromatic nitrogens is 1. The summed E-state index contributed by atoms with van der Waals surface area (Å²) in [6.45, 7) is 1.59. The van der Waals surface area contributed by atoms with E-state index in [1.54, 1.807) is 18.4 Å². The summed E-state index contributed by atoms with van der Waals surface area (Å²) >= 11 is 10.9. The molecule has 0 bridgehead atoms. The third kappa shape index (κ3) is 3.74. The lowest BCUT2D eigenvalue weighted by Gasteiger charge is -2.26. The van der Waals surface area contributed by atoms with E-state index in [-0.39, 0.29) is 12.1 Å². The minimum Gasteiger partial charge on any atom is -0.385 e. The zero-order valence-corrected chi connectivity index (χ0v) is 16.0. The van der Waals surface area contributed by atoms with Gasteiger partial charge in [-0.3, -0.25) is 4.98 Å². The Kier molecular flexibility index (Phi) is 5.63. The highest BCUT2D eigenvalue weighted by molar-refractivity contribution is 9.11. The number of hydrogen-bond donors (Lipinski definition) is 1. The third-order valence-electron chi connectivity index (χ3n) is 3.83. The van der Waals surface area contributed by atoms with Gasteiger partial charge in [-0.2, -0.15) is 0 Å². The van der Waals surface area contributed by atoms with Gasteiger partial charge in [-0.1, -0.05) is 6.07 Å². The number of thiocarbonyl (C=S) groups is 1. The number of nitrogens with one attached hydrogen (secondary N) is 1. The van der Waals surface area contributed by atoms with Gasteiger partial charge < -0.3 is 15.0 Å². The largest absolute Gasteiger partial charge is 0.385 e. The molecular formula is C16H18BrN3OS2. The molecule has 7 heteroatoms. The fraction of sp³-hybridized carbons (Fsp3) is 0.375. The molecule has 1 N–H and O–H groups in total. The lowest BCUT2D eigenvalue weighted by Crippen LogP contribution is -2.30. The van der Waals surface area contributed by atoms with Gasteiger partial charge in [-0.05, 0) is 58.8 Å². The van der Waals surface area contributed by atoms with E-state index in [0.717, 1.165) is 34.2 Å². The van der Waals surface area contributed by atoms with Crippen molar-refractivity contribution in [2.75, 3.05) is 20.3 Å². The Morgan fingerprint density at radius 1 is 1.39 bits per heavy atom. The monoisotopic (exact) mass is 411 g/mol. The number of ether oxygens (including phenoxy) is 1. The van der Waals surface area contributed by atoms with Crippen molar-refractivity contribution in [1.82, 2.24) is 15.2 Å². The van der Waals surface area contributed by atoms with Gasteiger partial charge in [0, 0.05) is 31.3 Å².